The predicted molar refractivity (Wildman–Crippen MR) is 380 cm³/mol. The number of nitrogens with one attached hydrogen (secondary N) is 2. The van der Waals surface area contributed by atoms with Gasteiger partial charge in [0.25, 0.3) is 11.8 Å². The van der Waals surface area contributed by atoms with Crippen molar-refractivity contribution in [3.8, 4) is 22.3 Å². The smallest absolute Gasteiger partial charge is 0.480 e. The number of amides is 4. The number of carboxylic acids is 2. The van der Waals surface area contributed by atoms with E-state index in [9.17, 15) is 43.8 Å². The van der Waals surface area contributed by atoms with E-state index < -0.39 is 66.3 Å². The van der Waals surface area contributed by atoms with Crippen molar-refractivity contribution in [3.05, 3.63) is 237 Å². The predicted octanol–water partition coefficient (Wildman–Crippen LogP) is 14.5. The standard InChI is InChI=1S/C32H31N5O4S.C25H27N5O4S.C19H15NO5/c1-2-3-15-28(31(38)39)37-30(34-35-36-37)27(17-20-19-42-29-16-9-8-10-21(20)29)33-32(40)41-18-26-24-13-6-4-11-22(24)23-12-5-7-14-25(23)26;1-2-3-12-21(24(31)32)30-23(27-28-29-30)20(14-18-16-35-22-13-8-7-11-19(18)22)26-25(33)34-15-17-9-5-4-6-10-17;21-17-9-10-18(22)20(17)25-19(23)24-11-16-14-7-3-1-5-12(14)13-6-2-4-8-15(13)16/h4-14,16,19,26-28H,2-3,15,17-18H2,1H3,(H,33,40)(H,38,39);4-11,13,16,20-21H,2-3,12,14-15H2,1H3,(H,26,33)(H,31,32);1-8,16H,9-11H2/t27-,28-;20-,21-;/m00./s1. The zero-order valence-electron chi connectivity index (χ0n) is 55.8. The van der Waals surface area contributed by atoms with E-state index in [0.717, 1.165) is 94.2 Å². The largest absolute Gasteiger partial charge is 0.533 e. The second-order valence-corrected chi connectivity index (χ2v) is 26.4. The molecule has 1 fully saturated rings. The number of hydrogen-bond acceptors (Lipinski definition) is 19. The summed E-state index contributed by atoms with van der Waals surface area (Å²) in [5.74, 6) is -2.72. The van der Waals surface area contributed by atoms with Gasteiger partial charge in [0, 0.05) is 46.9 Å². The van der Waals surface area contributed by atoms with Crippen molar-refractivity contribution < 1.29 is 62.8 Å². The third kappa shape index (κ3) is 16.2. The number of aromatic nitrogens is 8. The summed E-state index contributed by atoms with van der Waals surface area (Å²) in [7, 11) is 0. The van der Waals surface area contributed by atoms with Crippen LogP contribution in [0, 0.1) is 0 Å². The quantitative estimate of drug-likeness (QED) is 0.0235. The fourth-order valence-electron chi connectivity index (χ4n) is 13.1. The van der Waals surface area contributed by atoms with Gasteiger partial charge in [-0.05, 0) is 129 Å². The van der Waals surface area contributed by atoms with Crippen LogP contribution >= 0.6 is 22.7 Å². The van der Waals surface area contributed by atoms with E-state index in [2.05, 4.69) is 71.3 Å². The highest BCUT2D eigenvalue weighted by Gasteiger charge is 2.37. The van der Waals surface area contributed by atoms with Crippen molar-refractivity contribution in [1.29, 1.82) is 0 Å². The van der Waals surface area contributed by atoms with E-state index in [1.165, 1.54) is 9.36 Å². The maximum absolute atomic E-state index is 13.4. The minimum absolute atomic E-state index is 0.0511. The summed E-state index contributed by atoms with van der Waals surface area (Å²) >= 11 is 3.23. The van der Waals surface area contributed by atoms with Gasteiger partial charge in [0.15, 0.2) is 23.7 Å². The topological polar surface area (TPSA) is 311 Å². The van der Waals surface area contributed by atoms with Gasteiger partial charge in [0.1, 0.15) is 19.8 Å². The molecule has 4 N–H and O–H groups in total. The summed E-state index contributed by atoms with van der Waals surface area (Å²) in [6.45, 7) is 4.34. The average molecular weight is 1410 g/mol. The lowest BCUT2D eigenvalue weighted by Crippen LogP contribution is -2.35. The Bertz CT molecular complexity index is 4700. The van der Waals surface area contributed by atoms with Crippen LogP contribution in [-0.4, -0.2) is 111 Å². The molecule has 4 aromatic heterocycles. The minimum Gasteiger partial charge on any atom is -0.480 e. The molecule has 11 aromatic rings. The van der Waals surface area contributed by atoms with E-state index in [0.29, 0.717) is 43.6 Å². The lowest BCUT2D eigenvalue weighted by atomic mass is 9.98. The van der Waals surface area contributed by atoms with E-state index in [4.69, 9.17) is 19.0 Å². The molecule has 1 saturated heterocycles. The number of fused-ring (bicyclic) bond motifs is 8. The molecule has 0 saturated carbocycles. The van der Waals surface area contributed by atoms with Gasteiger partial charge in [0.05, 0.1) is 12.1 Å². The van der Waals surface area contributed by atoms with E-state index in [1.807, 2.05) is 171 Å². The van der Waals surface area contributed by atoms with Gasteiger partial charge in [-0.25, -0.2) is 33.3 Å². The van der Waals surface area contributed by atoms with Gasteiger partial charge < -0.3 is 35.1 Å². The summed E-state index contributed by atoms with van der Waals surface area (Å²) < 4.78 is 21.4. The molecule has 3 aliphatic rings. The number of ether oxygens (including phenoxy) is 3. The number of nitrogens with zero attached hydrogens (tertiary/aromatic N) is 9. The summed E-state index contributed by atoms with van der Waals surface area (Å²) in [4.78, 5) is 90.0. The Morgan fingerprint density at radius 3 is 1.33 bits per heavy atom. The first-order valence-electron chi connectivity index (χ1n) is 33.6. The van der Waals surface area contributed by atoms with E-state index in [1.54, 1.807) is 22.7 Å². The number of carboxylic acid groups (broad SMARTS) is 2. The number of thiophene rings is 2. The van der Waals surface area contributed by atoms with Crippen LogP contribution in [0.25, 0.3) is 42.4 Å². The summed E-state index contributed by atoms with van der Waals surface area (Å²) in [5.41, 5.74) is 11.8. The lowest BCUT2D eigenvalue weighted by molar-refractivity contribution is -0.177. The maximum Gasteiger partial charge on any atom is 0.533 e. The molecular weight excluding hydrogens is 1340 g/mol. The number of imide groups is 1. The van der Waals surface area contributed by atoms with Crippen LogP contribution in [0.3, 0.4) is 0 Å². The monoisotopic (exact) mass is 1410 g/mol. The van der Waals surface area contributed by atoms with Gasteiger partial charge in [-0.2, -0.15) is 0 Å². The number of tetrazole rings is 2. The number of aliphatic carboxylic acids is 2. The molecule has 0 unspecified atom stereocenters. The Labute approximate surface area is 594 Å². The van der Waals surface area contributed by atoms with Crippen molar-refractivity contribution in [2.45, 2.75) is 121 Å². The third-order valence-electron chi connectivity index (χ3n) is 18.1. The zero-order chi connectivity index (χ0) is 71.1. The van der Waals surface area contributed by atoms with Crippen molar-refractivity contribution in [2.75, 3.05) is 13.2 Å². The normalized spacial score (nSPS) is 14.0. The van der Waals surface area contributed by atoms with Crippen LogP contribution in [0.4, 0.5) is 14.4 Å². The van der Waals surface area contributed by atoms with E-state index >= 15 is 0 Å². The molecule has 0 spiro atoms. The van der Waals surface area contributed by atoms with Crippen LogP contribution < -0.4 is 10.6 Å². The van der Waals surface area contributed by atoms with Crippen LogP contribution in [-0.2, 0) is 57.7 Å². The number of benzene rings is 7. The Morgan fingerprint density at radius 2 is 0.902 bits per heavy atom. The highest BCUT2D eigenvalue weighted by atomic mass is 32.1. The maximum atomic E-state index is 13.4. The molecule has 5 heterocycles. The number of alkyl carbamates (subject to hydrolysis) is 2. The van der Waals surface area contributed by atoms with Gasteiger partial charge in [-0.15, -0.1) is 32.9 Å². The first-order chi connectivity index (χ1) is 49.8. The molecule has 2 aliphatic carbocycles. The SMILES string of the molecule is CCCC[C@@H](C(=O)O)n1nnnc1[C@H](Cc1csc2ccccc12)NC(=O)OCC1c2ccccc2-c2ccccc21.CCCC[C@@H](C(=O)O)n1nnnc1[C@H](Cc1csc2ccccc12)NC(=O)OCc1ccccc1.O=C(OCC1c2ccccc2-c2ccccc21)ON1C(=O)CCC1=O. The highest BCUT2D eigenvalue weighted by molar-refractivity contribution is 7.17. The molecule has 24 nitrogen and oxygen atoms in total. The Morgan fingerprint density at radius 1 is 0.510 bits per heavy atom. The molecule has 7 aromatic carbocycles. The summed E-state index contributed by atoms with van der Waals surface area (Å²) in [6, 6.07) is 54.4. The second-order valence-electron chi connectivity index (χ2n) is 24.6. The Kier molecular flexibility index (Phi) is 22.8. The minimum atomic E-state index is -1.05. The van der Waals surface area contributed by atoms with Crippen molar-refractivity contribution in [2.24, 2.45) is 0 Å². The molecule has 14 rings (SSSR count). The van der Waals surface area contributed by atoms with Crippen LogP contribution in [0.2, 0.25) is 0 Å². The van der Waals surface area contributed by atoms with Gasteiger partial charge in [0.2, 0.25) is 0 Å². The third-order valence-corrected chi connectivity index (χ3v) is 20.1. The molecule has 0 radical (unpaired) electrons. The Hall–Kier alpha value is -11.5. The second kappa shape index (κ2) is 33.1. The van der Waals surface area contributed by atoms with Gasteiger partial charge >= 0.3 is 30.3 Å². The van der Waals surface area contributed by atoms with Crippen molar-refractivity contribution in [3.63, 3.8) is 0 Å². The molecule has 4 atom stereocenters. The molecule has 4 amide bonds. The van der Waals surface area contributed by atoms with Crippen molar-refractivity contribution in [1.82, 2.24) is 56.1 Å². The lowest BCUT2D eigenvalue weighted by Gasteiger charge is -2.21. The molecule has 26 heteroatoms. The number of hydroxylamine groups is 2. The van der Waals surface area contributed by atoms with Crippen LogP contribution in [0.1, 0.15) is 152 Å². The summed E-state index contributed by atoms with van der Waals surface area (Å²) in [5, 5.41) is 56.4. The van der Waals surface area contributed by atoms with Crippen molar-refractivity contribution >= 4 is 84.9 Å². The van der Waals surface area contributed by atoms with Gasteiger partial charge in [-0.3, -0.25) is 14.4 Å². The first-order valence-corrected chi connectivity index (χ1v) is 35.4. The summed E-state index contributed by atoms with van der Waals surface area (Å²) in [6.07, 6.45) is 2.41. The Balaban J connectivity index is 0.000000149. The molecule has 1 aliphatic heterocycles. The number of unbranched alkanes of at least 4 members (excludes halogenated alkanes) is 2. The van der Waals surface area contributed by atoms with Gasteiger partial charge in [-0.1, -0.05) is 208 Å². The van der Waals surface area contributed by atoms with Crippen LogP contribution in [0.5, 0.6) is 0 Å². The first kappa shape index (κ1) is 70.4. The number of hydrogen-bond donors (Lipinski definition) is 4. The fraction of sp³-hybridized carbons (Fsp3) is 0.276. The number of carbonyl (C=O) groups excluding carboxylic acids is 5. The molecule has 102 heavy (non-hydrogen) atoms. The van der Waals surface area contributed by atoms with Crippen LogP contribution in [0.15, 0.2) is 187 Å². The average Bonchev–Trinajstić information content (AvgIpc) is 1.63. The number of carbonyl (C=O) groups is 7. The zero-order valence-corrected chi connectivity index (χ0v) is 57.4. The highest BCUT2D eigenvalue weighted by Crippen LogP contribution is 2.46. The number of rotatable bonds is 25. The molecular formula is C76H73N11O13S2. The fourth-order valence-corrected chi connectivity index (χ4v) is 15.0. The molecule has 522 valence electrons. The molecule has 0 bridgehead atoms. The van der Waals surface area contributed by atoms with E-state index in [-0.39, 0.29) is 56.1 Å².